The van der Waals surface area contributed by atoms with Crippen molar-refractivity contribution < 1.29 is 22.7 Å². The van der Waals surface area contributed by atoms with Gasteiger partial charge in [-0.2, -0.15) is 4.31 Å². The van der Waals surface area contributed by atoms with E-state index in [2.05, 4.69) is 0 Å². The molecule has 2 aromatic rings. The number of halogens is 1. The first-order chi connectivity index (χ1) is 14.8. The van der Waals surface area contributed by atoms with Crippen molar-refractivity contribution in [1.29, 1.82) is 0 Å². The average Bonchev–Trinajstić information content (AvgIpc) is 2.79. The van der Waals surface area contributed by atoms with Crippen molar-refractivity contribution in [3.05, 3.63) is 47.5 Å². The summed E-state index contributed by atoms with van der Waals surface area (Å²) in [6, 6.07) is 11.8. The Morgan fingerprint density at radius 2 is 1.81 bits per heavy atom. The molecule has 0 bridgehead atoms. The fourth-order valence-corrected chi connectivity index (χ4v) is 5.51. The van der Waals surface area contributed by atoms with Crippen LogP contribution < -0.4 is 14.4 Å². The molecule has 2 aromatic carbocycles. The van der Waals surface area contributed by atoms with Crippen molar-refractivity contribution in [3.8, 4) is 11.5 Å². The molecule has 1 aliphatic rings. The molecule has 7 nitrogen and oxygen atoms in total. The zero-order chi connectivity index (χ0) is 22.6. The van der Waals surface area contributed by atoms with Gasteiger partial charge in [0.1, 0.15) is 16.4 Å². The lowest BCUT2D eigenvalue weighted by Crippen LogP contribution is -2.43. The molecule has 1 fully saturated rings. The predicted molar refractivity (Wildman–Crippen MR) is 121 cm³/mol. The minimum atomic E-state index is -3.78. The second-order valence-corrected chi connectivity index (χ2v) is 9.64. The summed E-state index contributed by atoms with van der Waals surface area (Å²) in [5.74, 6) is 0.726. The van der Waals surface area contributed by atoms with Crippen molar-refractivity contribution in [1.82, 2.24) is 4.31 Å². The molecule has 0 aromatic heterocycles. The van der Waals surface area contributed by atoms with E-state index in [0.29, 0.717) is 24.5 Å². The smallest absolute Gasteiger partial charge is 0.246 e. The molecule has 0 radical (unpaired) electrons. The SMILES string of the molecule is CCOc1ccc(Cl)cc1S(=O)(=O)N1CCC(C(=O)N(C)c2ccc(OC)cc2)CC1. The molecule has 31 heavy (non-hydrogen) atoms. The quantitative estimate of drug-likeness (QED) is 0.620. The molecule has 3 rings (SSSR count). The highest BCUT2D eigenvalue weighted by molar-refractivity contribution is 7.89. The third-order valence-corrected chi connectivity index (χ3v) is 7.57. The van der Waals surface area contributed by atoms with E-state index in [-0.39, 0.29) is 35.6 Å². The van der Waals surface area contributed by atoms with Gasteiger partial charge in [0, 0.05) is 36.8 Å². The molecule has 0 saturated carbocycles. The van der Waals surface area contributed by atoms with Gasteiger partial charge in [0.25, 0.3) is 0 Å². The summed E-state index contributed by atoms with van der Waals surface area (Å²) in [6.07, 6.45) is 0.895. The molecule has 0 spiro atoms. The lowest BCUT2D eigenvalue weighted by atomic mass is 9.96. The van der Waals surface area contributed by atoms with Crippen LogP contribution >= 0.6 is 11.6 Å². The van der Waals surface area contributed by atoms with Gasteiger partial charge < -0.3 is 14.4 Å². The first kappa shape index (κ1) is 23.4. The van der Waals surface area contributed by atoms with Gasteiger partial charge in [-0.15, -0.1) is 0 Å². The number of carbonyl (C=O) groups excluding carboxylic acids is 1. The van der Waals surface area contributed by atoms with Gasteiger partial charge in [-0.3, -0.25) is 4.79 Å². The van der Waals surface area contributed by atoms with Crippen molar-refractivity contribution in [3.63, 3.8) is 0 Å². The molecule has 0 atom stereocenters. The number of sulfonamides is 1. The van der Waals surface area contributed by atoms with Crippen molar-refractivity contribution >= 4 is 33.2 Å². The lowest BCUT2D eigenvalue weighted by molar-refractivity contribution is -0.123. The van der Waals surface area contributed by atoms with E-state index in [1.807, 2.05) is 12.1 Å². The molecular formula is C22H27ClN2O5S. The van der Waals surface area contributed by atoms with Gasteiger partial charge in [-0.1, -0.05) is 11.6 Å². The van der Waals surface area contributed by atoms with Crippen LogP contribution in [0.5, 0.6) is 11.5 Å². The third-order valence-electron chi connectivity index (χ3n) is 5.42. The van der Waals surface area contributed by atoms with Crippen LogP contribution in [-0.2, 0) is 14.8 Å². The summed E-state index contributed by atoms with van der Waals surface area (Å²) in [5.41, 5.74) is 0.765. The Morgan fingerprint density at radius 1 is 1.16 bits per heavy atom. The van der Waals surface area contributed by atoms with E-state index in [1.54, 1.807) is 50.2 Å². The summed E-state index contributed by atoms with van der Waals surface area (Å²) < 4.78 is 38.5. The van der Waals surface area contributed by atoms with E-state index >= 15 is 0 Å². The maximum atomic E-state index is 13.2. The van der Waals surface area contributed by atoms with Crippen molar-refractivity contribution in [2.24, 2.45) is 5.92 Å². The summed E-state index contributed by atoms with van der Waals surface area (Å²) in [6.45, 7) is 2.65. The Hall–Kier alpha value is -2.29. The van der Waals surface area contributed by atoms with E-state index in [0.717, 1.165) is 11.4 Å². The van der Waals surface area contributed by atoms with Gasteiger partial charge in [0.05, 0.1) is 13.7 Å². The Bertz CT molecular complexity index is 1020. The van der Waals surface area contributed by atoms with E-state index in [9.17, 15) is 13.2 Å². The average molecular weight is 467 g/mol. The number of methoxy groups -OCH3 is 1. The van der Waals surface area contributed by atoms with Crippen LogP contribution in [0.25, 0.3) is 0 Å². The Kier molecular flexibility index (Phi) is 7.46. The first-order valence-electron chi connectivity index (χ1n) is 10.1. The maximum Gasteiger partial charge on any atom is 0.246 e. The van der Waals surface area contributed by atoms with Crippen LogP contribution in [0.1, 0.15) is 19.8 Å². The highest BCUT2D eigenvalue weighted by Gasteiger charge is 2.35. The number of rotatable bonds is 7. The van der Waals surface area contributed by atoms with Crippen LogP contribution in [0.2, 0.25) is 5.02 Å². The minimum Gasteiger partial charge on any atom is -0.497 e. The molecular weight excluding hydrogens is 440 g/mol. The second kappa shape index (κ2) is 9.89. The maximum absolute atomic E-state index is 13.2. The second-order valence-electron chi connectivity index (χ2n) is 7.30. The number of hydrogen-bond donors (Lipinski definition) is 0. The number of piperidine rings is 1. The van der Waals surface area contributed by atoms with Gasteiger partial charge in [-0.25, -0.2) is 8.42 Å². The number of carbonyl (C=O) groups is 1. The largest absolute Gasteiger partial charge is 0.497 e. The van der Waals surface area contributed by atoms with Crippen LogP contribution in [-0.4, -0.2) is 52.5 Å². The Labute approximate surface area is 188 Å². The standard InChI is InChI=1S/C22H27ClN2O5S/c1-4-30-20-10-5-17(23)15-21(20)31(27,28)25-13-11-16(12-14-25)22(26)24(2)18-6-8-19(29-3)9-7-18/h5-10,15-16H,4,11-14H2,1-3H3. The summed E-state index contributed by atoms with van der Waals surface area (Å²) in [7, 11) is -0.462. The molecule has 1 heterocycles. The van der Waals surface area contributed by atoms with E-state index < -0.39 is 10.0 Å². The van der Waals surface area contributed by atoms with Crippen LogP contribution in [0, 0.1) is 5.92 Å². The summed E-state index contributed by atoms with van der Waals surface area (Å²) in [4.78, 5) is 14.6. The minimum absolute atomic E-state index is 0.0278. The Balaban J connectivity index is 1.69. The van der Waals surface area contributed by atoms with E-state index in [1.165, 1.54) is 10.4 Å². The van der Waals surface area contributed by atoms with Gasteiger partial charge >= 0.3 is 0 Å². The van der Waals surface area contributed by atoms with Crippen molar-refractivity contribution in [2.45, 2.75) is 24.7 Å². The van der Waals surface area contributed by atoms with Gasteiger partial charge in [-0.05, 0) is 62.2 Å². The van der Waals surface area contributed by atoms with Gasteiger partial charge in [0.15, 0.2) is 0 Å². The van der Waals surface area contributed by atoms with Crippen molar-refractivity contribution in [2.75, 3.05) is 38.8 Å². The number of benzene rings is 2. The molecule has 9 heteroatoms. The molecule has 0 N–H and O–H groups in total. The van der Waals surface area contributed by atoms with Crippen LogP contribution in [0.4, 0.5) is 5.69 Å². The predicted octanol–water partition coefficient (Wildman–Crippen LogP) is 3.81. The molecule has 0 aliphatic carbocycles. The summed E-state index contributed by atoms with van der Waals surface area (Å²) >= 11 is 6.04. The highest BCUT2D eigenvalue weighted by atomic mass is 35.5. The number of anilines is 1. The number of ether oxygens (including phenoxy) is 2. The first-order valence-corrected chi connectivity index (χ1v) is 11.9. The van der Waals surface area contributed by atoms with E-state index in [4.69, 9.17) is 21.1 Å². The molecule has 1 amide bonds. The molecule has 0 unspecified atom stereocenters. The number of amides is 1. The zero-order valence-corrected chi connectivity index (χ0v) is 19.4. The number of hydrogen-bond acceptors (Lipinski definition) is 5. The lowest BCUT2D eigenvalue weighted by Gasteiger charge is -2.32. The van der Waals surface area contributed by atoms with Crippen LogP contribution in [0.15, 0.2) is 47.4 Å². The highest BCUT2D eigenvalue weighted by Crippen LogP contribution is 2.32. The molecule has 1 saturated heterocycles. The Morgan fingerprint density at radius 3 is 2.39 bits per heavy atom. The van der Waals surface area contributed by atoms with Crippen LogP contribution in [0.3, 0.4) is 0 Å². The zero-order valence-electron chi connectivity index (χ0n) is 17.9. The summed E-state index contributed by atoms with van der Waals surface area (Å²) in [5, 5.41) is 0.327. The third kappa shape index (κ3) is 5.14. The fourth-order valence-electron chi connectivity index (χ4n) is 3.65. The fraction of sp³-hybridized carbons (Fsp3) is 0.409. The normalized spacial score (nSPS) is 15.5. The topological polar surface area (TPSA) is 76.2 Å². The number of nitrogens with zero attached hydrogens (tertiary/aromatic N) is 2. The van der Waals surface area contributed by atoms with Gasteiger partial charge in [0.2, 0.25) is 15.9 Å². The molecule has 168 valence electrons. The molecule has 1 aliphatic heterocycles. The monoisotopic (exact) mass is 466 g/mol.